The zero-order valence-electron chi connectivity index (χ0n) is 10.4. The van der Waals surface area contributed by atoms with Crippen molar-refractivity contribution in [3.8, 4) is 0 Å². The zero-order chi connectivity index (χ0) is 14.0. The summed E-state index contributed by atoms with van der Waals surface area (Å²) in [6, 6.07) is -0.479. The zero-order valence-corrected chi connectivity index (χ0v) is 10.4. The van der Waals surface area contributed by atoms with Crippen molar-refractivity contribution in [3.05, 3.63) is 22.2 Å². The molecule has 106 valence electrons. The van der Waals surface area contributed by atoms with Crippen molar-refractivity contribution < 1.29 is 20.1 Å². The van der Waals surface area contributed by atoms with E-state index in [1.54, 1.807) is 13.1 Å². The first kappa shape index (κ1) is 14.1. The molecule has 1 unspecified atom stereocenters. The molecule has 19 heavy (non-hydrogen) atoms. The van der Waals surface area contributed by atoms with Crippen molar-refractivity contribution in [3.63, 3.8) is 0 Å². The van der Waals surface area contributed by atoms with E-state index in [9.17, 15) is 15.3 Å². The normalized spacial score (nSPS) is 38.8. The molecule has 0 aromatic carbocycles. The number of ether oxygens (including phenoxy) is 1. The fourth-order valence-electron chi connectivity index (χ4n) is 2.23. The van der Waals surface area contributed by atoms with Crippen LogP contribution in [-0.2, 0) is 4.74 Å². The number of nitrogens with one attached hydrogen (secondary N) is 1. The second-order valence-electron chi connectivity index (χ2n) is 4.58. The van der Waals surface area contributed by atoms with Gasteiger partial charge in [0.2, 0.25) is 0 Å². The summed E-state index contributed by atoms with van der Waals surface area (Å²) in [5.74, 6) is 0. The van der Waals surface area contributed by atoms with Crippen molar-refractivity contribution in [2.24, 2.45) is 5.11 Å². The van der Waals surface area contributed by atoms with Crippen LogP contribution in [0.4, 0.5) is 0 Å². The number of azide groups is 1. The van der Waals surface area contributed by atoms with Crippen LogP contribution in [0.15, 0.2) is 16.9 Å². The van der Waals surface area contributed by atoms with E-state index in [0.717, 1.165) is 0 Å². The molecule has 2 aliphatic rings. The molecule has 0 aromatic heterocycles. The molecule has 4 N–H and O–H groups in total. The van der Waals surface area contributed by atoms with Crippen LogP contribution in [0.1, 0.15) is 13.3 Å². The molecule has 0 amide bonds. The minimum absolute atomic E-state index is 0.261. The molecule has 0 aromatic rings. The van der Waals surface area contributed by atoms with Crippen LogP contribution < -0.4 is 5.32 Å². The van der Waals surface area contributed by atoms with Crippen molar-refractivity contribution in [2.75, 3.05) is 6.61 Å². The summed E-state index contributed by atoms with van der Waals surface area (Å²) in [5.41, 5.74) is 9.09. The highest BCUT2D eigenvalue weighted by atomic mass is 16.5. The molecule has 0 aliphatic carbocycles. The average molecular weight is 271 g/mol. The lowest BCUT2D eigenvalue weighted by molar-refractivity contribution is -0.136. The monoisotopic (exact) mass is 271 g/mol. The van der Waals surface area contributed by atoms with Crippen molar-refractivity contribution in [2.45, 2.75) is 44.3 Å². The third-order valence-electron chi connectivity index (χ3n) is 3.29. The number of nitrogens with zero attached hydrogens (tertiary/aromatic N) is 4. The molecule has 0 saturated carbocycles. The van der Waals surface area contributed by atoms with E-state index in [0.29, 0.717) is 12.0 Å². The molecule has 2 rings (SSSR count). The second kappa shape index (κ2) is 5.74. The Morgan fingerprint density at radius 3 is 3.00 bits per heavy atom. The van der Waals surface area contributed by atoms with Gasteiger partial charge >= 0.3 is 0 Å². The number of aliphatic hydroxyl groups is 3. The Labute approximate surface area is 109 Å². The summed E-state index contributed by atoms with van der Waals surface area (Å²) in [4.78, 5) is 4.21. The SMILES string of the molecule is CC1=CN([C@H]2CC(N=[N+]=[N-])[C@@H](CO)O2)[C@@H](O)N[C@H]1O. The van der Waals surface area contributed by atoms with Gasteiger partial charge in [-0.05, 0) is 18.0 Å². The Kier molecular flexibility index (Phi) is 4.25. The topological polar surface area (TPSA) is 134 Å². The molecule has 0 spiro atoms. The molecule has 2 aliphatic heterocycles. The van der Waals surface area contributed by atoms with Gasteiger partial charge in [-0.25, -0.2) is 5.32 Å². The lowest BCUT2D eigenvalue weighted by Gasteiger charge is -2.38. The van der Waals surface area contributed by atoms with Crippen LogP contribution in [0, 0.1) is 0 Å². The fraction of sp³-hybridized carbons (Fsp3) is 0.800. The molecule has 9 nitrogen and oxygen atoms in total. The molecule has 1 fully saturated rings. The van der Waals surface area contributed by atoms with E-state index < -0.39 is 31.0 Å². The van der Waals surface area contributed by atoms with Crippen LogP contribution >= 0.6 is 0 Å². The smallest absolute Gasteiger partial charge is 0.187 e. The first-order chi connectivity index (χ1) is 9.06. The number of hydrogen-bond acceptors (Lipinski definition) is 7. The van der Waals surface area contributed by atoms with Gasteiger partial charge in [0, 0.05) is 17.5 Å². The summed E-state index contributed by atoms with van der Waals surface area (Å²) >= 11 is 0. The Hall–Kier alpha value is -1.35. The van der Waals surface area contributed by atoms with Gasteiger partial charge in [0.15, 0.2) is 6.35 Å². The van der Waals surface area contributed by atoms with E-state index in [-0.39, 0.29) is 6.61 Å². The highest BCUT2D eigenvalue weighted by Gasteiger charge is 2.40. The highest BCUT2D eigenvalue weighted by Crippen LogP contribution is 2.28. The third-order valence-corrected chi connectivity index (χ3v) is 3.29. The summed E-state index contributed by atoms with van der Waals surface area (Å²) < 4.78 is 5.55. The highest BCUT2D eigenvalue weighted by molar-refractivity contribution is 5.08. The minimum atomic E-state index is -1.10. The van der Waals surface area contributed by atoms with Crippen molar-refractivity contribution in [1.82, 2.24) is 10.2 Å². The predicted octanol–water partition coefficient (Wildman–Crippen LogP) is -0.824. The molecule has 0 bridgehead atoms. The minimum Gasteiger partial charge on any atom is -0.394 e. The van der Waals surface area contributed by atoms with E-state index in [1.807, 2.05) is 0 Å². The molecule has 9 heteroatoms. The number of hydrogen-bond donors (Lipinski definition) is 4. The van der Waals surface area contributed by atoms with Gasteiger partial charge in [-0.2, -0.15) is 0 Å². The average Bonchev–Trinajstić information content (AvgIpc) is 2.77. The van der Waals surface area contributed by atoms with E-state index in [4.69, 9.17) is 10.3 Å². The maximum Gasteiger partial charge on any atom is 0.187 e. The van der Waals surface area contributed by atoms with E-state index in [2.05, 4.69) is 15.3 Å². The molecule has 1 saturated heterocycles. The standard InChI is InChI=1S/C10H17N5O4/c1-5-3-15(10(18)12-9(5)17)8-2-6(13-14-11)7(4-16)19-8/h3,6-10,12,16-18H,2,4H2,1H3/t6?,7-,8-,9+,10+/m1/s1. The summed E-state index contributed by atoms with van der Waals surface area (Å²) in [5, 5.41) is 34.7. The number of rotatable bonds is 3. The van der Waals surface area contributed by atoms with E-state index in [1.165, 1.54) is 4.90 Å². The van der Waals surface area contributed by atoms with Gasteiger partial charge in [-0.15, -0.1) is 0 Å². The molecular formula is C10H17N5O4. The van der Waals surface area contributed by atoms with E-state index >= 15 is 0 Å². The van der Waals surface area contributed by atoms with Crippen molar-refractivity contribution >= 4 is 0 Å². The Morgan fingerprint density at radius 1 is 1.63 bits per heavy atom. The molecule has 2 heterocycles. The third kappa shape index (κ3) is 2.81. The first-order valence-electron chi connectivity index (χ1n) is 5.95. The summed E-state index contributed by atoms with van der Waals surface area (Å²) in [6.07, 6.45) is -1.19. The Balaban J connectivity index is 2.13. The summed E-state index contributed by atoms with van der Waals surface area (Å²) in [6.45, 7) is 1.45. The Morgan fingerprint density at radius 2 is 2.37 bits per heavy atom. The lowest BCUT2D eigenvalue weighted by Crippen LogP contribution is -2.55. The number of aliphatic hydroxyl groups excluding tert-OH is 3. The van der Waals surface area contributed by atoms with Gasteiger partial charge in [-0.1, -0.05) is 5.11 Å². The first-order valence-corrected chi connectivity index (χ1v) is 5.95. The summed E-state index contributed by atoms with van der Waals surface area (Å²) in [7, 11) is 0. The molecular weight excluding hydrogens is 254 g/mol. The van der Waals surface area contributed by atoms with Gasteiger partial charge in [-0.3, -0.25) is 0 Å². The molecule has 0 radical (unpaired) electrons. The van der Waals surface area contributed by atoms with Crippen LogP contribution in [0.3, 0.4) is 0 Å². The van der Waals surface area contributed by atoms with Gasteiger partial charge < -0.3 is 25.0 Å². The largest absolute Gasteiger partial charge is 0.394 e. The molecule has 5 atom stereocenters. The maximum atomic E-state index is 9.86. The predicted molar refractivity (Wildman–Crippen MR) is 64.0 cm³/mol. The van der Waals surface area contributed by atoms with Crippen LogP contribution in [0.2, 0.25) is 0 Å². The quantitative estimate of drug-likeness (QED) is 0.301. The van der Waals surface area contributed by atoms with Gasteiger partial charge in [0.25, 0.3) is 0 Å². The van der Waals surface area contributed by atoms with Gasteiger partial charge in [0.05, 0.1) is 18.8 Å². The van der Waals surface area contributed by atoms with Crippen LogP contribution in [0.5, 0.6) is 0 Å². The fourth-order valence-corrected chi connectivity index (χ4v) is 2.23. The van der Waals surface area contributed by atoms with Crippen LogP contribution in [0.25, 0.3) is 10.4 Å². The lowest BCUT2D eigenvalue weighted by atomic mass is 10.1. The Bertz CT molecular complexity index is 411. The van der Waals surface area contributed by atoms with Crippen molar-refractivity contribution in [1.29, 1.82) is 0 Å². The van der Waals surface area contributed by atoms with Crippen LogP contribution in [-0.4, -0.2) is 57.8 Å². The van der Waals surface area contributed by atoms with Gasteiger partial charge in [0.1, 0.15) is 12.5 Å². The maximum absolute atomic E-state index is 9.86. The second-order valence-corrected chi connectivity index (χ2v) is 4.58.